The van der Waals surface area contributed by atoms with Gasteiger partial charge in [-0.1, -0.05) is 55.5 Å². The molecule has 6 heteroatoms. The highest BCUT2D eigenvalue weighted by Gasteiger charge is 2.23. The van der Waals surface area contributed by atoms with Crippen LogP contribution in [0.1, 0.15) is 73.1 Å². The first-order valence-corrected chi connectivity index (χ1v) is 13.1. The van der Waals surface area contributed by atoms with Gasteiger partial charge in [-0.15, -0.1) is 0 Å². The third-order valence-corrected chi connectivity index (χ3v) is 7.19. The van der Waals surface area contributed by atoms with Crippen molar-refractivity contribution >= 4 is 22.8 Å². The fourth-order valence-electron chi connectivity index (χ4n) is 5.09. The second kappa shape index (κ2) is 12.0. The van der Waals surface area contributed by atoms with Crippen molar-refractivity contribution < 1.29 is 9.59 Å². The molecule has 4 rings (SSSR count). The average molecular weight is 475 g/mol. The molecule has 1 aromatic heterocycles. The van der Waals surface area contributed by atoms with Gasteiger partial charge in [0.2, 0.25) is 5.91 Å². The number of nitrogens with zero attached hydrogens (tertiary/aromatic N) is 3. The quantitative estimate of drug-likeness (QED) is 0.407. The molecule has 0 radical (unpaired) electrons. The Hall–Kier alpha value is -3.15. The number of carbonyl (C=O) groups excluding carboxylic acids is 2. The second-order valence-electron chi connectivity index (χ2n) is 9.84. The minimum Gasteiger partial charge on any atom is -0.352 e. The van der Waals surface area contributed by atoms with Gasteiger partial charge in [-0.2, -0.15) is 0 Å². The Bertz CT molecular complexity index is 1150. The molecule has 1 N–H and O–H groups in total. The van der Waals surface area contributed by atoms with Gasteiger partial charge in [0, 0.05) is 31.6 Å². The van der Waals surface area contributed by atoms with Crippen LogP contribution in [0.2, 0.25) is 0 Å². The van der Waals surface area contributed by atoms with Crippen LogP contribution < -0.4 is 5.32 Å². The van der Waals surface area contributed by atoms with Crippen LogP contribution in [0.3, 0.4) is 0 Å². The fourth-order valence-corrected chi connectivity index (χ4v) is 5.09. The SMILES string of the molecule is Cc1cccc(C(=O)NCCCCCc2nc3ccccc3n2CC(=O)N(C)C2CCCCC2)c1. The monoisotopic (exact) mass is 474 g/mol. The van der Waals surface area contributed by atoms with Crippen LogP contribution in [0, 0.1) is 6.92 Å². The van der Waals surface area contributed by atoms with E-state index in [0.717, 1.165) is 60.9 Å². The van der Waals surface area contributed by atoms with Crippen molar-refractivity contribution in [2.75, 3.05) is 13.6 Å². The molecule has 0 atom stereocenters. The normalized spacial score (nSPS) is 14.2. The summed E-state index contributed by atoms with van der Waals surface area (Å²) >= 11 is 0. The van der Waals surface area contributed by atoms with Crippen LogP contribution in [0.4, 0.5) is 0 Å². The number of fused-ring (bicyclic) bond motifs is 1. The summed E-state index contributed by atoms with van der Waals surface area (Å²) in [4.78, 5) is 32.3. The number of para-hydroxylation sites is 2. The van der Waals surface area contributed by atoms with Crippen LogP contribution in [0.15, 0.2) is 48.5 Å². The van der Waals surface area contributed by atoms with E-state index < -0.39 is 0 Å². The number of aryl methyl sites for hydroxylation is 2. The Morgan fingerprint density at radius 3 is 2.63 bits per heavy atom. The van der Waals surface area contributed by atoms with Gasteiger partial charge in [-0.05, 0) is 56.9 Å². The lowest BCUT2D eigenvalue weighted by Crippen LogP contribution is -2.40. The van der Waals surface area contributed by atoms with Gasteiger partial charge in [0.15, 0.2) is 0 Å². The summed E-state index contributed by atoms with van der Waals surface area (Å²) in [5.41, 5.74) is 3.77. The molecule has 2 aromatic carbocycles. The number of hydrogen-bond donors (Lipinski definition) is 1. The number of carbonyl (C=O) groups is 2. The number of rotatable bonds is 10. The Labute approximate surface area is 208 Å². The molecule has 0 aliphatic heterocycles. The maximum atomic E-state index is 13.2. The smallest absolute Gasteiger partial charge is 0.251 e. The summed E-state index contributed by atoms with van der Waals surface area (Å²) in [5.74, 6) is 1.12. The molecule has 0 unspecified atom stereocenters. The standard InChI is InChI=1S/C29H38N4O2/c1-22-12-11-13-23(20-22)29(35)30-19-10-4-7-18-27-31-25-16-8-9-17-26(25)33(27)21-28(34)32(2)24-14-5-3-6-15-24/h8-9,11-13,16-17,20,24H,3-7,10,14-15,18-19,21H2,1-2H3,(H,30,35). The molecule has 6 nitrogen and oxygen atoms in total. The Balaban J connectivity index is 1.30. The van der Waals surface area contributed by atoms with E-state index in [-0.39, 0.29) is 11.8 Å². The van der Waals surface area contributed by atoms with Crippen molar-refractivity contribution in [3.8, 4) is 0 Å². The van der Waals surface area contributed by atoms with Crippen molar-refractivity contribution in [1.29, 1.82) is 0 Å². The zero-order chi connectivity index (χ0) is 24.6. The number of amides is 2. The van der Waals surface area contributed by atoms with Gasteiger partial charge in [-0.25, -0.2) is 4.98 Å². The van der Waals surface area contributed by atoms with Crippen molar-refractivity contribution in [2.45, 2.75) is 77.3 Å². The molecular formula is C29H38N4O2. The molecule has 1 aliphatic rings. The highest BCUT2D eigenvalue weighted by molar-refractivity contribution is 5.94. The number of likely N-dealkylation sites (N-methyl/N-ethyl adjacent to an activating group) is 1. The van der Waals surface area contributed by atoms with Crippen LogP contribution >= 0.6 is 0 Å². The summed E-state index contributed by atoms with van der Waals surface area (Å²) in [5, 5.41) is 3.02. The largest absolute Gasteiger partial charge is 0.352 e. The van der Waals surface area contributed by atoms with Gasteiger partial charge >= 0.3 is 0 Å². The first-order valence-electron chi connectivity index (χ1n) is 13.1. The number of nitrogens with one attached hydrogen (secondary N) is 1. The van der Waals surface area contributed by atoms with E-state index in [2.05, 4.69) is 16.0 Å². The van der Waals surface area contributed by atoms with E-state index >= 15 is 0 Å². The number of benzene rings is 2. The molecule has 1 saturated carbocycles. The molecule has 0 bridgehead atoms. The van der Waals surface area contributed by atoms with E-state index in [1.807, 2.05) is 61.3 Å². The summed E-state index contributed by atoms with van der Waals surface area (Å²) in [6.45, 7) is 2.99. The van der Waals surface area contributed by atoms with E-state index in [9.17, 15) is 9.59 Å². The van der Waals surface area contributed by atoms with Crippen LogP contribution in [-0.2, 0) is 17.8 Å². The third-order valence-electron chi connectivity index (χ3n) is 7.19. The van der Waals surface area contributed by atoms with Crippen molar-refractivity contribution in [3.63, 3.8) is 0 Å². The molecule has 35 heavy (non-hydrogen) atoms. The van der Waals surface area contributed by atoms with E-state index in [1.54, 1.807) is 0 Å². The summed E-state index contributed by atoms with van der Waals surface area (Å²) < 4.78 is 2.11. The van der Waals surface area contributed by atoms with Crippen molar-refractivity contribution in [1.82, 2.24) is 19.8 Å². The molecule has 1 heterocycles. The fraction of sp³-hybridized carbons (Fsp3) is 0.483. The number of aromatic nitrogens is 2. The van der Waals surface area contributed by atoms with Gasteiger partial charge < -0.3 is 14.8 Å². The van der Waals surface area contributed by atoms with Gasteiger partial charge in [0.05, 0.1) is 11.0 Å². The Kier molecular flexibility index (Phi) is 8.56. The molecule has 1 fully saturated rings. The van der Waals surface area contributed by atoms with E-state index in [1.165, 1.54) is 19.3 Å². The predicted molar refractivity (Wildman–Crippen MR) is 140 cm³/mol. The van der Waals surface area contributed by atoms with Gasteiger partial charge in [0.25, 0.3) is 5.91 Å². The summed E-state index contributed by atoms with van der Waals surface area (Å²) in [7, 11) is 1.96. The Morgan fingerprint density at radius 2 is 1.83 bits per heavy atom. The maximum absolute atomic E-state index is 13.2. The number of unbranched alkanes of at least 4 members (excludes halogenated alkanes) is 2. The first-order chi connectivity index (χ1) is 17.0. The lowest BCUT2D eigenvalue weighted by molar-refractivity contribution is -0.133. The van der Waals surface area contributed by atoms with Gasteiger partial charge in [0.1, 0.15) is 12.4 Å². The minimum absolute atomic E-state index is 0.0175. The highest BCUT2D eigenvalue weighted by Crippen LogP contribution is 2.23. The molecule has 186 valence electrons. The van der Waals surface area contributed by atoms with E-state index in [0.29, 0.717) is 24.7 Å². The topological polar surface area (TPSA) is 67.2 Å². The summed E-state index contributed by atoms with van der Waals surface area (Å²) in [6, 6.07) is 16.1. The van der Waals surface area contributed by atoms with E-state index in [4.69, 9.17) is 4.98 Å². The number of hydrogen-bond acceptors (Lipinski definition) is 3. The molecule has 0 spiro atoms. The second-order valence-corrected chi connectivity index (χ2v) is 9.84. The van der Waals surface area contributed by atoms with Crippen LogP contribution in [0.5, 0.6) is 0 Å². The zero-order valence-corrected chi connectivity index (χ0v) is 21.1. The van der Waals surface area contributed by atoms with Gasteiger partial charge in [-0.3, -0.25) is 9.59 Å². The minimum atomic E-state index is -0.0175. The molecule has 3 aromatic rings. The summed E-state index contributed by atoms with van der Waals surface area (Å²) in [6.07, 6.45) is 9.64. The lowest BCUT2D eigenvalue weighted by atomic mass is 9.94. The highest BCUT2D eigenvalue weighted by atomic mass is 16.2. The molecule has 0 saturated heterocycles. The number of imidazole rings is 1. The predicted octanol–water partition coefficient (Wildman–Crippen LogP) is 5.28. The molecular weight excluding hydrogens is 436 g/mol. The van der Waals surface area contributed by atoms with Crippen molar-refractivity contribution in [2.24, 2.45) is 0 Å². The Morgan fingerprint density at radius 1 is 1.03 bits per heavy atom. The first kappa shape index (κ1) is 25.0. The molecule has 1 aliphatic carbocycles. The van der Waals surface area contributed by atoms with Crippen LogP contribution in [-0.4, -0.2) is 45.9 Å². The molecule has 2 amide bonds. The van der Waals surface area contributed by atoms with Crippen molar-refractivity contribution in [3.05, 3.63) is 65.5 Å². The third kappa shape index (κ3) is 6.50. The zero-order valence-electron chi connectivity index (χ0n) is 21.1. The van der Waals surface area contributed by atoms with Crippen LogP contribution in [0.25, 0.3) is 11.0 Å². The lowest BCUT2D eigenvalue weighted by Gasteiger charge is -2.31. The maximum Gasteiger partial charge on any atom is 0.251 e. The average Bonchev–Trinajstić information content (AvgIpc) is 3.23.